The highest BCUT2D eigenvalue weighted by Gasteiger charge is 2.35. The Morgan fingerprint density at radius 1 is 1.12 bits per heavy atom. The van der Waals surface area contributed by atoms with Gasteiger partial charge < -0.3 is 9.42 Å². The summed E-state index contributed by atoms with van der Waals surface area (Å²) in [5.74, 6) is -0.300. The summed E-state index contributed by atoms with van der Waals surface area (Å²) in [6.07, 6.45) is 2.07. The Balaban J connectivity index is 1.51. The van der Waals surface area contributed by atoms with Crippen LogP contribution in [0.1, 0.15) is 34.4 Å². The Labute approximate surface area is 185 Å². The lowest BCUT2D eigenvalue weighted by molar-refractivity contribution is 0.0696. The molecule has 2 aromatic heterocycles. The lowest BCUT2D eigenvalue weighted by Gasteiger charge is -2.33. The Morgan fingerprint density at radius 2 is 1.78 bits per heavy atom. The molecule has 3 heterocycles. The molecule has 0 radical (unpaired) electrons. The summed E-state index contributed by atoms with van der Waals surface area (Å²) in [4.78, 5) is 14.9. The first-order chi connectivity index (χ1) is 15.2. The normalized spacial score (nSPS) is 15.3. The number of carbonyl (C=O) groups is 1. The first kappa shape index (κ1) is 22.2. The molecule has 1 aromatic carbocycles. The Morgan fingerprint density at radius 3 is 2.34 bits per heavy atom. The maximum Gasteiger partial charge on any atom is 0.257 e. The molecule has 1 saturated heterocycles. The number of aromatic nitrogens is 3. The van der Waals surface area contributed by atoms with Crippen molar-refractivity contribution in [3.05, 3.63) is 59.0 Å². The van der Waals surface area contributed by atoms with Gasteiger partial charge in [0.05, 0.1) is 23.1 Å². The molecule has 0 N–H and O–H groups in total. The Bertz CT molecular complexity index is 1220. The molecule has 3 aromatic rings. The van der Waals surface area contributed by atoms with Gasteiger partial charge in [0, 0.05) is 26.2 Å². The van der Waals surface area contributed by atoms with Crippen LogP contribution in [0.3, 0.4) is 0 Å². The van der Waals surface area contributed by atoms with Crippen molar-refractivity contribution in [3.63, 3.8) is 0 Å². The molecule has 1 aliphatic rings. The first-order valence-electron chi connectivity index (χ1n) is 10.3. The minimum absolute atomic E-state index is 0.0890. The van der Waals surface area contributed by atoms with Crippen molar-refractivity contribution < 1.29 is 22.1 Å². The van der Waals surface area contributed by atoms with Crippen molar-refractivity contribution in [2.24, 2.45) is 0 Å². The highest BCUT2D eigenvalue weighted by Crippen LogP contribution is 2.25. The average Bonchev–Trinajstić information content (AvgIpc) is 3.36. The maximum atomic E-state index is 13.3. The third-order valence-electron chi connectivity index (χ3n) is 5.60. The fraction of sp³-hybridized carbons (Fsp3) is 0.381. The second-order valence-electron chi connectivity index (χ2n) is 7.60. The summed E-state index contributed by atoms with van der Waals surface area (Å²) in [6, 6.07) is 5.90. The zero-order chi connectivity index (χ0) is 23.0. The molecule has 4 rings (SSSR count). The van der Waals surface area contributed by atoms with Crippen molar-refractivity contribution in [1.82, 2.24) is 24.1 Å². The van der Waals surface area contributed by atoms with Crippen LogP contribution in [0.5, 0.6) is 0 Å². The summed E-state index contributed by atoms with van der Waals surface area (Å²) >= 11 is 0. The number of halogens is 1. The van der Waals surface area contributed by atoms with Crippen LogP contribution in [0.4, 0.5) is 4.39 Å². The van der Waals surface area contributed by atoms with E-state index in [0.717, 1.165) is 0 Å². The van der Waals surface area contributed by atoms with Crippen LogP contribution in [-0.4, -0.2) is 64.6 Å². The number of nitrogens with zero attached hydrogens (tertiary/aromatic N) is 5. The predicted molar refractivity (Wildman–Crippen MR) is 114 cm³/mol. The minimum Gasteiger partial charge on any atom is -0.360 e. The lowest BCUT2D eigenvalue weighted by atomic mass is 10.1. The smallest absolute Gasteiger partial charge is 0.257 e. The molecule has 0 atom stereocenters. The zero-order valence-electron chi connectivity index (χ0n) is 18.1. The fourth-order valence-corrected chi connectivity index (χ4v) is 5.68. The molecule has 32 heavy (non-hydrogen) atoms. The molecule has 0 bridgehead atoms. The summed E-state index contributed by atoms with van der Waals surface area (Å²) in [6.45, 7) is 5.93. The van der Waals surface area contributed by atoms with Crippen LogP contribution in [-0.2, 0) is 16.4 Å². The number of amides is 1. The van der Waals surface area contributed by atoms with Crippen molar-refractivity contribution in [2.75, 3.05) is 26.2 Å². The van der Waals surface area contributed by atoms with E-state index in [1.807, 2.05) is 6.92 Å². The summed E-state index contributed by atoms with van der Waals surface area (Å²) < 4.78 is 47.3. The van der Waals surface area contributed by atoms with Crippen LogP contribution >= 0.6 is 0 Å². The van der Waals surface area contributed by atoms with Crippen LogP contribution < -0.4 is 0 Å². The van der Waals surface area contributed by atoms with Gasteiger partial charge in [-0.25, -0.2) is 17.5 Å². The van der Waals surface area contributed by atoms with Gasteiger partial charge in [-0.1, -0.05) is 12.1 Å². The van der Waals surface area contributed by atoms with E-state index in [1.54, 1.807) is 35.6 Å². The van der Waals surface area contributed by atoms with E-state index in [0.29, 0.717) is 29.1 Å². The van der Waals surface area contributed by atoms with Gasteiger partial charge in [-0.05, 0) is 44.5 Å². The van der Waals surface area contributed by atoms with E-state index in [-0.39, 0.29) is 48.6 Å². The van der Waals surface area contributed by atoms with Gasteiger partial charge >= 0.3 is 0 Å². The highest BCUT2D eigenvalue weighted by atomic mass is 32.2. The largest absolute Gasteiger partial charge is 0.360 e. The molecule has 9 nitrogen and oxygen atoms in total. The third kappa shape index (κ3) is 3.82. The highest BCUT2D eigenvalue weighted by molar-refractivity contribution is 7.89. The standard InChI is InChI=1S/C21H24FN5O4S/c1-4-19-18(13-23-27(19)17-7-5-16(22)6-8-17)21(28)25-9-11-26(12-10-25)32(29,30)20-14(2)24-31-15(20)3/h5-8,13H,4,9-12H2,1-3H3. The number of rotatable bonds is 5. The second-order valence-corrected chi connectivity index (χ2v) is 9.47. The van der Waals surface area contributed by atoms with Gasteiger partial charge in [-0.15, -0.1) is 0 Å². The molecule has 1 fully saturated rings. The average molecular weight is 462 g/mol. The van der Waals surface area contributed by atoms with Crippen LogP contribution in [0, 0.1) is 19.7 Å². The topological polar surface area (TPSA) is 102 Å². The SMILES string of the molecule is CCc1c(C(=O)N2CCN(S(=O)(=O)c3c(C)noc3C)CC2)cnn1-c1ccc(F)cc1. The number of piperazine rings is 1. The van der Waals surface area contributed by atoms with E-state index in [9.17, 15) is 17.6 Å². The predicted octanol–water partition coefficient (Wildman–Crippen LogP) is 2.33. The molecular weight excluding hydrogens is 437 g/mol. The number of sulfonamides is 1. The molecular formula is C21H24FN5O4S. The van der Waals surface area contributed by atoms with Crippen molar-refractivity contribution in [1.29, 1.82) is 0 Å². The zero-order valence-corrected chi connectivity index (χ0v) is 18.9. The van der Waals surface area contributed by atoms with E-state index in [1.165, 1.54) is 22.6 Å². The second kappa shape index (κ2) is 8.47. The van der Waals surface area contributed by atoms with Gasteiger partial charge in [0.1, 0.15) is 16.4 Å². The maximum absolute atomic E-state index is 13.3. The number of benzene rings is 1. The number of hydrogen-bond acceptors (Lipinski definition) is 6. The molecule has 11 heteroatoms. The fourth-order valence-electron chi connectivity index (χ4n) is 3.97. The minimum atomic E-state index is -3.75. The molecule has 0 unspecified atom stereocenters. The van der Waals surface area contributed by atoms with E-state index in [4.69, 9.17) is 4.52 Å². The summed E-state index contributed by atoms with van der Waals surface area (Å²) in [7, 11) is -3.75. The summed E-state index contributed by atoms with van der Waals surface area (Å²) in [5.41, 5.74) is 2.16. The molecule has 0 saturated carbocycles. The lowest BCUT2D eigenvalue weighted by Crippen LogP contribution is -2.50. The van der Waals surface area contributed by atoms with Gasteiger partial charge in [-0.2, -0.15) is 9.40 Å². The van der Waals surface area contributed by atoms with Gasteiger partial charge in [0.25, 0.3) is 5.91 Å². The number of carbonyl (C=O) groups excluding carboxylic acids is 1. The quantitative estimate of drug-likeness (QED) is 0.578. The van der Waals surface area contributed by atoms with Crippen LogP contribution in [0.2, 0.25) is 0 Å². The van der Waals surface area contributed by atoms with Crippen molar-refractivity contribution in [2.45, 2.75) is 32.1 Å². The first-order valence-corrected chi connectivity index (χ1v) is 11.7. The molecule has 0 spiro atoms. The monoisotopic (exact) mass is 461 g/mol. The molecule has 170 valence electrons. The Hall–Kier alpha value is -3.05. The van der Waals surface area contributed by atoms with E-state index < -0.39 is 10.0 Å². The van der Waals surface area contributed by atoms with E-state index in [2.05, 4.69) is 10.3 Å². The van der Waals surface area contributed by atoms with Gasteiger partial charge in [0.2, 0.25) is 10.0 Å². The van der Waals surface area contributed by atoms with E-state index >= 15 is 0 Å². The molecule has 1 amide bonds. The molecule has 0 aliphatic carbocycles. The van der Waals surface area contributed by atoms with Crippen molar-refractivity contribution >= 4 is 15.9 Å². The Kier molecular flexibility index (Phi) is 5.87. The van der Waals surface area contributed by atoms with Crippen LogP contribution in [0.15, 0.2) is 39.9 Å². The number of hydrogen-bond donors (Lipinski definition) is 0. The molecule has 1 aliphatic heterocycles. The van der Waals surface area contributed by atoms with Crippen LogP contribution in [0.25, 0.3) is 5.69 Å². The number of aryl methyl sites for hydroxylation is 2. The third-order valence-corrected chi connectivity index (χ3v) is 7.74. The summed E-state index contributed by atoms with van der Waals surface area (Å²) in [5, 5.41) is 8.07. The van der Waals surface area contributed by atoms with Crippen molar-refractivity contribution in [3.8, 4) is 5.69 Å². The van der Waals surface area contributed by atoms with Gasteiger partial charge in [0.15, 0.2) is 5.76 Å². The van der Waals surface area contributed by atoms with Gasteiger partial charge in [-0.3, -0.25) is 4.79 Å².